The van der Waals surface area contributed by atoms with E-state index >= 15 is 0 Å². The molecule has 0 aliphatic rings. The molecule has 1 rings (SSSR count). The van der Waals surface area contributed by atoms with Crippen LogP contribution in [0, 0.1) is 5.41 Å². The van der Waals surface area contributed by atoms with E-state index in [0.717, 1.165) is 0 Å². The van der Waals surface area contributed by atoms with E-state index in [9.17, 15) is 4.79 Å². The Balaban J connectivity index is 2.97. The van der Waals surface area contributed by atoms with Crippen LogP contribution in [-0.4, -0.2) is 17.6 Å². The van der Waals surface area contributed by atoms with Crippen LogP contribution in [0.3, 0.4) is 0 Å². The maximum Gasteiger partial charge on any atom is 0.231 e. The zero-order valence-corrected chi connectivity index (χ0v) is 13.3. The van der Waals surface area contributed by atoms with Crippen LogP contribution in [0.15, 0.2) is 24.3 Å². The quantitative estimate of drug-likeness (QED) is 0.869. The van der Waals surface area contributed by atoms with E-state index in [-0.39, 0.29) is 12.0 Å². The van der Waals surface area contributed by atoms with Gasteiger partial charge in [0.1, 0.15) is 5.75 Å². The van der Waals surface area contributed by atoms with Crippen LogP contribution in [0.4, 0.5) is 5.69 Å². The summed E-state index contributed by atoms with van der Waals surface area (Å²) in [5, 5.41) is 2.92. The summed E-state index contributed by atoms with van der Waals surface area (Å²) in [7, 11) is 0. The van der Waals surface area contributed by atoms with Gasteiger partial charge in [0, 0.05) is 5.54 Å². The lowest BCUT2D eigenvalue weighted by Gasteiger charge is -2.37. The van der Waals surface area contributed by atoms with Gasteiger partial charge in [0.25, 0.3) is 0 Å². The largest absolute Gasteiger partial charge is 0.489 e. The smallest absolute Gasteiger partial charge is 0.231 e. The fourth-order valence-corrected chi connectivity index (χ4v) is 1.50. The van der Waals surface area contributed by atoms with Gasteiger partial charge < -0.3 is 15.8 Å². The third kappa shape index (κ3) is 3.73. The van der Waals surface area contributed by atoms with E-state index in [1.807, 2.05) is 65.8 Å². The first-order chi connectivity index (χ1) is 9.05. The van der Waals surface area contributed by atoms with Gasteiger partial charge in [-0.3, -0.25) is 4.79 Å². The highest BCUT2D eigenvalue weighted by Gasteiger charge is 2.40. The summed E-state index contributed by atoms with van der Waals surface area (Å²) in [4.78, 5) is 12.5. The van der Waals surface area contributed by atoms with Gasteiger partial charge in [-0.25, -0.2) is 0 Å². The fraction of sp³-hybridized carbons (Fsp3) is 0.562. The summed E-state index contributed by atoms with van der Waals surface area (Å²) in [6, 6.07) is 7.42. The number of benzene rings is 1. The molecule has 4 heteroatoms. The zero-order valence-electron chi connectivity index (χ0n) is 13.3. The maximum atomic E-state index is 12.5. The minimum atomic E-state index is -0.696. The first-order valence-corrected chi connectivity index (χ1v) is 6.91. The molecule has 1 amide bonds. The Morgan fingerprint density at radius 2 is 1.75 bits per heavy atom. The topological polar surface area (TPSA) is 64.3 Å². The average molecular weight is 278 g/mol. The van der Waals surface area contributed by atoms with E-state index < -0.39 is 11.0 Å². The SMILES string of the molecule is CC(C)Oc1ccccc1NC(=O)C(C)(C)C(C)(C)N. The molecular formula is C16H26N2O2. The standard InChI is InChI=1S/C16H26N2O2/c1-11(2)20-13-10-8-7-9-12(13)18-14(19)15(3,4)16(5,6)17/h7-11H,17H2,1-6H3,(H,18,19). The molecule has 4 nitrogen and oxygen atoms in total. The molecule has 0 saturated carbocycles. The number of carbonyl (C=O) groups excluding carboxylic acids is 1. The molecule has 0 spiro atoms. The summed E-state index contributed by atoms with van der Waals surface area (Å²) in [5.41, 5.74) is 5.45. The molecule has 0 radical (unpaired) electrons. The summed E-state index contributed by atoms with van der Waals surface area (Å²) < 4.78 is 5.70. The first kappa shape index (κ1) is 16.5. The number of carbonyl (C=O) groups is 1. The van der Waals surface area contributed by atoms with Gasteiger partial charge in [0.15, 0.2) is 0 Å². The highest BCUT2D eigenvalue weighted by molar-refractivity contribution is 5.96. The Hall–Kier alpha value is -1.55. The molecule has 0 atom stereocenters. The molecule has 0 unspecified atom stereocenters. The van der Waals surface area contributed by atoms with Crippen molar-refractivity contribution in [2.24, 2.45) is 11.1 Å². The highest BCUT2D eigenvalue weighted by Crippen LogP contribution is 2.32. The second-order valence-corrected chi connectivity index (χ2v) is 6.46. The van der Waals surface area contributed by atoms with Crippen LogP contribution in [0.2, 0.25) is 0 Å². The lowest BCUT2D eigenvalue weighted by molar-refractivity contribution is -0.126. The Morgan fingerprint density at radius 3 is 2.25 bits per heavy atom. The number of anilines is 1. The molecule has 112 valence electrons. The van der Waals surface area contributed by atoms with Crippen molar-refractivity contribution in [2.45, 2.75) is 53.2 Å². The van der Waals surface area contributed by atoms with Gasteiger partial charge in [0.2, 0.25) is 5.91 Å². The monoisotopic (exact) mass is 278 g/mol. The van der Waals surface area contributed by atoms with Crippen LogP contribution in [0.1, 0.15) is 41.5 Å². The molecule has 20 heavy (non-hydrogen) atoms. The Bertz CT molecular complexity index is 474. The number of ether oxygens (including phenoxy) is 1. The van der Waals surface area contributed by atoms with Gasteiger partial charge in [-0.1, -0.05) is 12.1 Å². The lowest BCUT2D eigenvalue weighted by atomic mass is 9.74. The van der Waals surface area contributed by atoms with E-state index in [1.165, 1.54) is 0 Å². The van der Waals surface area contributed by atoms with E-state index in [4.69, 9.17) is 10.5 Å². The van der Waals surface area contributed by atoms with E-state index in [1.54, 1.807) is 0 Å². The number of para-hydroxylation sites is 2. The molecule has 0 saturated heterocycles. The summed E-state index contributed by atoms with van der Waals surface area (Å²) in [5.74, 6) is 0.547. The summed E-state index contributed by atoms with van der Waals surface area (Å²) in [6.07, 6.45) is 0.0482. The van der Waals surface area contributed by atoms with Crippen LogP contribution in [0.25, 0.3) is 0 Å². The highest BCUT2D eigenvalue weighted by atomic mass is 16.5. The second kappa shape index (κ2) is 5.83. The number of nitrogens with one attached hydrogen (secondary N) is 1. The molecule has 0 bridgehead atoms. The van der Waals surface area contributed by atoms with Gasteiger partial charge >= 0.3 is 0 Å². The third-order valence-corrected chi connectivity index (χ3v) is 3.68. The van der Waals surface area contributed by atoms with Crippen LogP contribution in [0.5, 0.6) is 5.75 Å². The molecule has 0 aliphatic carbocycles. The van der Waals surface area contributed by atoms with Crippen molar-refractivity contribution >= 4 is 11.6 Å². The van der Waals surface area contributed by atoms with Crippen molar-refractivity contribution < 1.29 is 9.53 Å². The van der Waals surface area contributed by atoms with Gasteiger partial charge in [-0.15, -0.1) is 0 Å². The van der Waals surface area contributed by atoms with Crippen LogP contribution < -0.4 is 15.8 Å². The van der Waals surface area contributed by atoms with Crippen molar-refractivity contribution in [1.29, 1.82) is 0 Å². The van der Waals surface area contributed by atoms with Crippen molar-refractivity contribution in [3.05, 3.63) is 24.3 Å². The molecule has 0 aromatic heterocycles. The third-order valence-electron chi connectivity index (χ3n) is 3.68. The number of hydrogen-bond donors (Lipinski definition) is 2. The fourth-order valence-electron chi connectivity index (χ4n) is 1.50. The molecule has 0 aliphatic heterocycles. The Labute approximate surface area is 121 Å². The van der Waals surface area contributed by atoms with Crippen LogP contribution in [-0.2, 0) is 4.79 Å². The van der Waals surface area contributed by atoms with Gasteiger partial charge in [-0.05, 0) is 53.7 Å². The first-order valence-electron chi connectivity index (χ1n) is 6.91. The van der Waals surface area contributed by atoms with Crippen molar-refractivity contribution in [3.8, 4) is 5.75 Å². The second-order valence-electron chi connectivity index (χ2n) is 6.46. The zero-order chi connectivity index (χ0) is 15.6. The lowest BCUT2D eigenvalue weighted by Crippen LogP contribution is -2.53. The average Bonchev–Trinajstić information content (AvgIpc) is 2.29. The van der Waals surface area contributed by atoms with Crippen molar-refractivity contribution in [2.75, 3.05) is 5.32 Å². The normalized spacial score (nSPS) is 12.4. The number of nitrogens with two attached hydrogens (primary N) is 1. The van der Waals surface area contributed by atoms with E-state index in [0.29, 0.717) is 11.4 Å². The van der Waals surface area contributed by atoms with Gasteiger partial charge in [0.05, 0.1) is 17.2 Å². The van der Waals surface area contributed by atoms with E-state index in [2.05, 4.69) is 5.32 Å². The Morgan fingerprint density at radius 1 is 1.20 bits per heavy atom. The Kier molecular flexibility index (Phi) is 4.81. The minimum Gasteiger partial charge on any atom is -0.489 e. The number of hydrogen-bond acceptors (Lipinski definition) is 3. The van der Waals surface area contributed by atoms with Crippen molar-refractivity contribution in [1.82, 2.24) is 0 Å². The molecule has 0 heterocycles. The molecule has 3 N–H and O–H groups in total. The van der Waals surface area contributed by atoms with Gasteiger partial charge in [-0.2, -0.15) is 0 Å². The maximum absolute atomic E-state index is 12.5. The predicted molar refractivity (Wildman–Crippen MR) is 82.9 cm³/mol. The molecule has 0 fully saturated rings. The molecule has 1 aromatic rings. The summed E-state index contributed by atoms with van der Waals surface area (Å²) in [6.45, 7) is 11.3. The molecule has 1 aromatic carbocycles. The number of rotatable bonds is 5. The minimum absolute atomic E-state index is 0.0482. The van der Waals surface area contributed by atoms with Crippen molar-refractivity contribution in [3.63, 3.8) is 0 Å². The number of amides is 1. The summed E-state index contributed by atoms with van der Waals surface area (Å²) >= 11 is 0. The van der Waals surface area contributed by atoms with Crippen LogP contribution >= 0.6 is 0 Å². The molecular weight excluding hydrogens is 252 g/mol. The predicted octanol–water partition coefficient (Wildman–Crippen LogP) is 3.18.